The molecule has 1 aromatic carbocycles. The van der Waals surface area contributed by atoms with E-state index in [4.69, 9.17) is 0 Å². The van der Waals surface area contributed by atoms with Crippen LogP contribution < -0.4 is 0 Å². The van der Waals surface area contributed by atoms with Crippen molar-refractivity contribution in [2.45, 2.75) is 43.5 Å². The van der Waals surface area contributed by atoms with Gasteiger partial charge in [-0.1, -0.05) is 6.07 Å². The van der Waals surface area contributed by atoms with Crippen molar-refractivity contribution in [3.8, 4) is 5.75 Å². The largest absolute Gasteiger partial charge is 0.508 e. The fourth-order valence-electron chi connectivity index (χ4n) is 2.73. The van der Waals surface area contributed by atoms with Gasteiger partial charge in [0.1, 0.15) is 11.8 Å². The highest BCUT2D eigenvalue weighted by Crippen LogP contribution is 2.46. The van der Waals surface area contributed by atoms with Crippen LogP contribution in [0, 0.1) is 0 Å². The van der Waals surface area contributed by atoms with Gasteiger partial charge >= 0.3 is 5.97 Å². The lowest BCUT2D eigenvalue weighted by Gasteiger charge is -2.35. The molecule has 2 aliphatic rings. The molecule has 7 heteroatoms. The SMILES string of the molecule is CC1(S(=O)(=O)N2Cc3cc(O)ccc3C[C@@H]2C(=O)O)CC1. The Kier molecular flexibility index (Phi) is 3.04. The Bertz CT molecular complexity index is 708. The van der Waals surface area contributed by atoms with Crippen LogP contribution in [-0.2, 0) is 27.8 Å². The molecule has 1 aliphatic heterocycles. The molecule has 1 heterocycles. The standard InChI is InChI=1S/C14H17NO5S/c1-14(4-5-14)21(19,20)15-8-10-6-11(16)3-2-9(10)7-12(15)13(17)18/h2-3,6,12,16H,4-5,7-8H2,1H3,(H,17,18)/t12-/m1/s1. The number of carboxylic acid groups (broad SMARTS) is 1. The zero-order chi connectivity index (χ0) is 15.4. The van der Waals surface area contributed by atoms with Crippen molar-refractivity contribution in [3.63, 3.8) is 0 Å². The number of benzene rings is 1. The van der Waals surface area contributed by atoms with E-state index in [1.165, 1.54) is 12.1 Å². The summed E-state index contributed by atoms with van der Waals surface area (Å²) in [4.78, 5) is 11.5. The molecule has 6 nitrogen and oxygen atoms in total. The van der Waals surface area contributed by atoms with Gasteiger partial charge in [0.25, 0.3) is 0 Å². The molecule has 2 N–H and O–H groups in total. The number of aliphatic carboxylic acids is 1. The number of carbonyl (C=O) groups is 1. The first-order chi connectivity index (χ1) is 9.74. The highest BCUT2D eigenvalue weighted by molar-refractivity contribution is 7.90. The number of nitrogens with zero attached hydrogens (tertiary/aromatic N) is 1. The summed E-state index contributed by atoms with van der Waals surface area (Å²) in [5, 5.41) is 18.9. The second-order valence-corrected chi connectivity index (χ2v) is 8.42. The maximum atomic E-state index is 12.7. The molecule has 0 unspecified atom stereocenters. The molecule has 0 bridgehead atoms. The molecule has 1 saturated carbocycles. The van der Waals surface area contributed by atoms with Gasteiger partial charge in [-0.25, -0.2) is 8.42 Å². The minimum atomic E-state index is -3.67. The van der Waals surface area contributed by atoms with E-state index in [2.05, 4.69) is 0 Å². The van der Waals surface area contributed by atoms with Crippen LogP contribution in [-0.4, -0.2) is 39.7 Å². The van der Waals surface area contributed by atoms with E-state index >= 15 is 0 Å². The Morgan fingerprint density at radius 1 is 1.33 bits per heavy atom. The van der Waals surface area contributed by atoms with Crippen LogP contribution in [0.4, 0.5) is 0 Å². The maximum Gasteiger partial charge on any atom is 0.322 e. The molecule has 0 spiro atoms. The third kappa shape index (κ3) is 2.20. The molecular weight excluding hydrogens is 294 g/mol. The summed E-state index contributed by atoms with van der Waals surface area (Å²) in [5.41, 5.74) is 1.44. The first kappa shape index (κ1) is 14.3. The Labute approximate surface area is 123 Å². The lowest BCUT2D eigenvalue weighted by atomic mass is 9.95. The predicted molar refractivity (Wildman–Crippen MR) is 75.3 cm³/mol. The Morgan fingerprint density at radius 3 is 2.57 bits per heavy atom. The van der Waals surface area contributed by atoms with Gasteiger partial charge in [-0.2, -0.15) is 4.31 Å². The lowest BCUT2D eigenvalue weighted by molar-refractivity contribution is -0.141. The van der Waals surface area contributed by atoms with Gasteiger partial charge in [0.2, 0.25) is 10.0 Å². The van der Waals surface area contributed by atoms with Gasteiger partial charge in [-0.05, 0) is 43.0 Å². The summed E-state index contributed by atoms with van der Waals surface area (Å²) < 4.78 is 25.6. The van der Waals surface area contributed by atoms with E-state index in [1.54, 1.807) is 13.0 Å². The van der Waals surface area contributed by atoms with E-state index in [0.717, 1.165) is 9.87 Å². The van der Waals surface area contributed by atoms with Crippen LogP contribution >= 0.6 is 0 Å². The van der Waals surface area contributed by atoms with Gasteiger partial charge < -0.3 is 10.2 Å². The van der Waals surface area contributed by atoms with Crippen molar-refractivity contribution < 1.29 is 23.4 Å². The number of aromatic hydroxyl groups is 1. The van der Waals surface area contributed by atoms with Crippen LogP contribution in [0.3, 0.4) is 0 Å². The molecule has 0 amide bonds. The monoisotopic (exact) mass is 311 g/mol. The van der Waals surface area contributed by atoms with Gasteiger partial charge in [0.15, 0.2) is 0 Å². The second-order valence-electron chi connectivity index (χ2n) is 6.01. The van der Waals surface area contributed by atoms with Crippen molar-refractivity contribution in [2.24, 2.45) is 0 Å². The highest BCUT2D eigenvalue weighted by Gasteiger charge is 2.55. The molecule has 1 fully saturated rings. The molecule has 0 radical (unpaired) electrons. The van der Waals surface area contributed by atoms with E-state index in [-0.39, 0.29) is 18.7 Å². The van der Waals surface area contributed by atoms with E-state index < -0.39 is 26.8 Å². The van der Waals surface area contributed by atoms with Crippen LogP contribution in [0.1, 0.15) is 30.9 Å². The summed E-state index contributed by atoms with van der Waals surface area (Å²) in [6.07, 6.45) is 1.25. The quantitative estimate of drug-likeness (QED) is 0.871. The zero-order valence-corrected chi connectivity index (χ0v) is 12.4. The van der Waals surface area contributed by atoms with Crippen LogP contribution in [0.15, 0.2) is 18.2 Å². The molecule has 1 atom stereocenters. The summed E-state index contributed by atoms with van der Waals surface area (Å²) in [6, 6.07) is 3.57. The Morgan fingerprint density at radius 2 is 2.00 bits per heavy atom. The lowest BCUT2D eigenvalue weighted by Crippen LogP contribution is -2.51. The molecule has 3 rings (SSSR count). The number of hydrogen-bond acceptors (Lipinski definition) is 4. The summed E-state index contributed by atoms with van der Waals surface area (Å²) in [6.45, 7) is 1.65. The summed E-state index contributed by atoms with van der Waals surface area (Å²) in [7, 11) is -3.67. The average molecular weight is 311 g/mol. The Balaban J connectivity index is 2.04. The number of carboxylic acids is 1. The van der Waals surface area contributed by atoms with Gasteiger partial charge in [0, 0.05) is 13.0 Å². The number of phenols is 1. The number of rotatable bonds is 3. The zero-order valence-electron chi connectivity index (χ0n) is 11.6. The molecular formula is C14H17NO5S. The first-order valence-corrected chi connectivity index (χ1v) is 8.24. The molecule has 114 valence electrons. The second kappa shape index (κ2) is 4.45. The van der Waals surface area contributed by atoms with Crippen LogP contribution in [0.2, 0.25) is 0 Å². The number of hydrogen-bond donors (Lipinski definition) is 2. The summed E-state index contributed by atoms with van der Waals surface area (Å²) >= 11 is 0. The predicted octanol–water partition coefficient (Wildman–Crippen LogP) is 1.09. The third-order valence-electron chi connectivity index (χ3n) is 4.45. The van der Waals surface area contributed by atoms with Crippen molar-refractivity contribution >= 4 is 16.0 Å². The maximum absolute atomic E-state index is 12.7. The smallest absolute Gasteiger partial charge is 0.322 e. The Hall–Kier alpha value is -1.60. The number of phenolic OH excluding ortho intramolecular Hbond substituents is 1. The van der Waals surface area contributed by atoms with E-state index in [1.807, 2.05) is 0 Å². The molecule has 1 aromatic rings. The van der Waals surface area contributed by atoms with Crippen molar-refractivity contribution in [1.29, 1.82) is 0 Å². The third-order valence-corrected chi connectivity index (χ3v) is 7.10. The average Bonchev–Trinajstić information content (AvgIpc) is 3.16. The molecule has 1 aliphatic carbocycles. The van der Waals surface area contributed by atoms with Gasteiger partial charge in [-0.15, -0.1) is 0 Å². The molecule has 21 heavy (non-hydrogen) atoms. The van der Waals surface area contributed by atoms with Crippen molar-refractivity contribution in [2.75, 3.05) is 0 Å². The fraction of sp³-hybridized carbons (Fsp3) is 0.500. The van der Waals surface area contributed by atoms with Gasteiger partial charge in [0.05, 0.1) is 4.75 Å². The van der Waals surface area contributed by atoms with E-state index in [9.17, 15) is 23.4 Å². The van der Waals surface area contributed by atoms with E-state index in [0.29, 0.717) is 18.4 Å². The van der Waals surface area contributed by atoms with Gasteiger partial charge in [-0.3, -0.25) is 4.79 Å². The first-order valence-electron chi connectivity index (χ1n) is 6.79. The van der Waals surface area contributed by atoms with Crippen molar-refractivity contribution in [3.05, 3.63) is 29.3 Å². The fourth-order valence-corrected chi connectivity index (χ4v) is 4.72. The van der Waals surface area contributed by atoms with Crippen LogP contribution in [0.5, 0.6) is 5.75 Å². The summed E-state index contributed by atoms with van der Waals surface area (Å²) in [5.74, 6) is -1.08. The minimum Gasteiger partial charge on any atom is -0.508 e. The number of fused-ring (bicyclic) bond motifs is 1. The molecule has 0 saturated heterocycles. The number of sulfonamides is 1. The molecule has 0 aromatic heterocycles. The van der Waals surface area contributed by atoms with Crippen LogP contribution in [0.25, 0.3) is 0 Å². The minimum absolute atomic E-state index is 0.00137. The topological polar surface area (TPSA) is 94.9 Å². The highest BCUT2D eigenvalue weighted by atomic mass is 32.2. The normalized spacial score (nSPS) is 24.3. The van der Waals surface area contributed by atoms with Crippen molar-refractivity contribution in [1.82, 2.24) is 4.31 Å².